The summed E-state index contributed by atoms with van der Waals surface area (Å²) in [6.45, 7) is 1.31. The van der Waals surface area contributed by atoms with Gasteiger partial charge in [0.15, 0.2) is 0 Å². The Hall–Kier alpha value is -5.29. The molecule has 9 rings (SSSR count). The quantitative estimate of drug-likeness (QED) is 0.134. The third-order valence-corrected chi connectivity index (χ3v) is 14.6. The molecular formula is C47H47Cl2FN6O6. The Balaban J connectivity index is 0.842. The molecule has 322 valence electrons. The van der Waals surface area contributed by atoms with Gasteiger partial charge in [-0.3, -0.25) is 39.4 Å². The van der Waals surface area contributed by atoms with Gasteiger partial charge in [0.1, 0.15) is 17.3 Å². The average Bonchev–Trinajstić information content (AvgIpc) is 3.86. The summed E-state index contributed by atoms with van der Waals surface area (Å²) in [7, 11) is 0. The zero-order valence-electron chi connectivity index (χ0n) is 34.1. The van der Waals surface area contributed by atoms with Gasteiger partial charge in [0.05, 0.1) is 11.1 Å². The number of unbranched alkanes of at least 4 members (excludes halogenated alkanes) is 1. The standard InChI is InChI=1S/C47H47Cl2FN6O6/c48-29-14-15-33-35(25-29)52-45(62)47(33)38(31-12-8-13-34(49)39(31)50)40(54-46(47)20-4-2-5-21-46)44(61)55-23-18-28(19-24-55)41(58)51-22-6-1-3-9-27-10-7-11-30-32(27)26-56(43(30)60)36-16-17-37(57)53-42(36)59/h7-8,10-15,25,28,36,38,40,54H,1-2,4-6,16-24,26H2,(H,51,58)(H,52,62)(H,53,57,59)/t36?,38-,40+,47?/m0/s1. The Morgan fingerprint density at radius 2 is 1.71 bits per heavy atom. The van der Waals surface area contributed by atoms with Crippen molar-refractivity contribution >= 4 is 64.3 Å². The number of nitrogens with one attached hydrogen (secondary N) is 4. The SMILES string of the molecule is O=C1CCC(N2Cc3c(C#CCCCNC(=O)C4CCN(C(=O)[C@@H]5NC6(CCCCC6)C6(C(=O)Nc7cc(Cl)ccc76)[C@H]5c5cccc(Cl)c5F)CC4)cccc3C2=O)C(=O)N1. The normalized spacial score (nSPS) is 25.3. The van der Waals surface area contributed by atoms with Gasteiger partial charge in [-0.05, 0) is 85.5 Å². The van der Waals surface area contributed by atoms with Crippen LogP contribution >= 0.6 is 23.2 Å². The summed E-state index contributed by atoms with van der Waals surface area (Å²) in [5.41, 5.74) is 1.28. The molecule has 6 aliphatic rings. The summed E-state index contributed by atoms with van der Waals surface area (Å²) in [5.74, 6) is 2.80. The molecule has 1 saturated carbocycles. The minimum absolute atomic E-state index is 0.0841. The number of piperidine rings is 2. The van der Waals surface area contributed by atoms with Crippen LogP contribution in [0, 0.1) is 23.6 Å². The first-order valence-corrected chi connectivity index (χ1v) is 22.3. The first-order chi connectivity index (χ1) is 29.9. The first kappa shape index (κ1) is 42.0. The third kappa shape index (κ3) is 7.04. The summed E-state index contributed by atoms with van der Waals surface area (Å²) in [6.07, 6.45) is 6.39. The van der Waals surface area contributed by atoms with Crippen LogP contribution in [0.4, 0.5) is 10.1 Å². The van der Waals surface area contributed by atoms with Crippen molar-refractivity contribution in [2.45, 2.75) is 106 Å². The number of rotatable bonds is 7. The van der Waals surface area contributed by atoms with E-state index in [1.807, 2.05) is 12.1 Å². The van der Waals surface area contributed by atoms with Gasteiger partial charge in [-0.15, -0.1) is 0 Å². The summed E-state index contributed by atoms with van der Waals surface area (Å²) >= 11 is 12.8. The van der Waals surface area contributed by atoms with Crippen LogP contribution in [-0.4, -0.2) is 82.5 Å². The molecule has 3 aromatic carbocycles. The summed E-state index contributed by atoms with van der Waals surface area (Å²) in [6, 6.07) is 13.7. The Kier molecular flexibility index (Phi) is 11.4. The van der Waals surface area contributed by atoms with Gasteiger partial charge in [-0.25, -0.2) is 4.39 Å². The van der Waals surface area contributed by atoms with Crippen LogP contribution in [0.5, 0.6) is 0 Å². The van der Waals surface area contributed by atoms with E-state index >= 15 is 4.39 Å². The van der Waals surface area contributed by atoms with Gasteiger partial charge in [0, 0.05) is 78.2 Å². The molecule has 5 heterocycles. The Labute approximate surface area is 369 Å². The number of carbonyl (C=O) groups is 6. The molecule has 1 aliphatic carbocycles. The highest BCUT2D eigenvalue weighted by Gasteiger charge is 2.72. The predicted molar refractivity (Wildman–Crippen MR) is 230 cm³/mol. The van der Waals surface area contributed by atoms with E-state index in [1.165, 1.54) is 11.0 Å². The number of hydrogen-bond donors (Lipinski definition) is 4. The number of halogens is 3. The monoisotopic (exact) mass is 880 g/mol. The highest BCUT2D eigenvalue weighted by Crippen LogP contribution is 2.63. The van der Waals surface area contributed by atoms with Crippen molar-refractivity contribution in [1.82, 2.24) is 25.8 Å². The Morgan fingerprint density at radius 3 is 2.48 bits per heavy atom. The number of nitrogens with zero attached hydrogens (tertiary/aromatic N) is 2. The second-order valence-electron chi connectivity index (χ2n) is 17.4. The van der Waals surface area contributed by atoms with Crippen molar-refractivity contribution in [2.75, 3.05) is 25.0 Å². The van der Waals surface area contributed by atoms with Gasteiger partial charge in [0.25, 0.3) is 5.91 Å². The number of imide groups is 1. The van der Waals surface area contributed by atoms with Gasteiger partial charge < -0.3 is 20.4 Å². The number of hydrogen-bond acceptors (Lipinski definition) is 7. The van der Waals surface area contributed by atoms with Crippen LogP contribution in [0.2, 0.25) is 10.0 Å². The highest BCUT2D eigenvalue weighted by molar-refractivity contribution is 6.31. The number of benzene rings is 3. The zero-order chi connectivity index (χ0) is 43.3. The van der Waals surface area contributed by atoms with E-state index in [-0.39, 0.29) is 65.4 Å². The highest BCUT2D eigenvalue weighted by atomic mass is 35.5. The fraction of sp³-hybridized carbons (Fsp3) is 0.447. The molecular weight excluding hydrogens is 834 g/mol. The van der Waals surface area contributed by atoms with Crippen molar-refractivity contribution in [3.63, 3.8) is 0 Å². The third-order valence-electron chi connectivity index (χ3n) is 14.0. The molecule has 4 N–H and O–H groups in total. The van der Waals surface area contributed by atoms with E-state index in [1.54, 1.807) is 41.3 Å². The lowest BCUT2D eigenvalue weighted by Gasteiger charge is -2.47. The Morgan fingerprint density at radius 1 is 0.935 bits per heavy atom. The van der Waals surface area contributed by atoms with Crippen LogP contribution in [0.1, 0.15) is 109 Å². The van der Waals surface area contributed by atoms with E-state index < -0.39 is 40.7 Å². The van der Waals surface area contributed by atoms with Crippen molar-refractivity contribution < 1.29 is 33.2 Å². The van der Waals surface area contributed by atoms with Crippen LogP contribution < -0.4 is 21.3 Å². The van der Waals surface area contributed by atoms with E-state index in [2.05, 4.69) is 33.1 Å². The maximum atomic E-state index is 16.3. The first-order valence-electron chi connectivity index (χ1n) is 21.6. The van der Waals surface area contributed by atoms with Crippen molar-refractivity contribution in [1.29, 1.82) is 0 Å². The van der Waals surface area contributed by atoms with Crippen LogP contribution in [-0.2, 0) is 35.9 Å². The maximum absolute atomic E-state index is 16.3. The molecule has 0 aromatic heterocycles. The Bertz CT molecular complexity index is 2460. The molecule has 2 spiro atoms. The van der Waals surface area contributed by atoms with Gasteiger partial charge in [-0.1, -0.05) is 78.6 Å². The molecule has 4 fully saturated rings. The van der Waals surface area contributed by atoms with Crippen molar-refractivity contribution in [3.05, 3.63) is 98.3 Å². The number of likely N-dealkylation sites (tertiary alicyclic amines) is 1. The van der Waals surface area contributed by atoms with Crippen molar-refractivity contribution in [2.24, 2.45) is 5.92 Å². The van der Waals surface area contributed by atoms with E-state index in [4.69, 9.17) is 23.2 Å². The largest absolute Gasteiger partial charge is 0.356 e. The molecule has 3 saturated heterocycles. The molecule has 3 aromatic rings. The molecule has 6 amide bonds. The molecule has 2 unspecified atom stereocenters. The van der Waals surface area contributed by atoms with Gasteiger partial charge >= 0.3 is 0 Å². The molecule has 0 bridgehead atoms. The average molecular weight is 882 g/mol. The molecule has 4 atom stereocenters. The number of carbonyl (C=O) groups excluding carboxylic acids is 6. The number of amides is 6. The molecule has 15 heteroatoms. The maximum Gasteiger partial charge on any atom is 0.255 e. The van der Waals surface area contributed by atoms with Crippen molar-refractivity contribution in [3.8, 4) is 11.8 Å². The van der Waals surface area contributed by atoms with Gasteiger partial charge in [0.2, 0.25) is 29.5 Å². The predicted octanol–water partition coefficient (Wildman–Crippen LogP) is 5.73. The minimum atomic E-state index is -1.32. The second kappa shape index (κ2) is 16.8. The second-order valence-corrected chi connectivity index (χ2v) is 18.2. The van der Waals surface area contributed by atoms with E-state index in [0.717, 1.165) is 24.8 Å². The fourth-order valence-corrected chi connectivity index (χ4v) is 11.5. The van der Waals surface area contributed by atoms with E-state index in [9.17, 15) is 28.8 Å². The summed E-state index contributed by atoms with van der Waals surface area (Å²) in [4.78, 5) is 83.4. The number of anilines is 1. The lowest BCUT2D eigenvalue weighted by atomic mass is 9.55. The molecule has 12 nitrogen and oxygen atoms in total. The van der Waals surface area contributed by atoms with Crippen LogP contribution in [0.25, 0.3) is 0 Å². The lowest BCUT2D eigenvalue weighted by molar-refractivity contribution is -0.138. The van der Waals surface area contributed by atoms with Crippen LogP contribution in [0.3, 0.4) is 0 Å². The van der Waals surface area contributed by atoms with Gasteiger partial charge in [-0.2, -0.15) is 0 Å². The topological polar surface area (TPSA) is 157 Å². The summed E-state index contributed by atoms with van der Waals surface area (Å²) in [5, 5.41) is 12.5. The molecule has 5 aliphatic heterocycles. The van der Waals surface area contributed by atoms with Crippen LogP contribution in [0.15, 0.2) is 54.6 Å². The fourth-order valence-electron chi connectivity index (χ4n) is 11.2. The smallest absolute Gasteiger partial charge is 0.255 e. The molecule has 62 heavy (non-hydrogen) atoms. The minimum Gasteiger partial charge on any atom is -0.356 e. The summed E-state index contributed by atoms with van der Waals surface area (Å²) < 4.78 is 16.3. The molecule has 0 radical (unpaired) electrons. The lowest BCUT2D eigenvalue weighted by Crippen LogP contribution is -2.60. The number of fused-ring (bicyclic) bond motifs is 4. The zero-order valence-corrected chi connectivity index (χ0v) is 35.6. The van der Waals surface area contributed by atoms with E-state index in [0.29, 0.717) is 85.6 Å².